The highest BCUT2D eigenvalue weighted by Crippen LogP contribution is 2.38. The number of likely N-dealkylation sites (tertiary alicyclic amines) is 1. The number of hydrogen-bond donors (Lipinski definition) is 1. The summed E-state index contributed by atoms with van der Waals surface area (Å²) < 4.78 is 7.89. The third-order valence-corrected chi connectivity index (χ3v) is 8.49. The van der Waals surface area contributed by atoms with E-state index in [1.54, 1.807) is 7.11 Å². The lowest BCUT2D eigenvalue weighted by atomic mass is 9.94. The molecular weight excluding hydrogens is 494 g/mol. The number of benzene rings is 3. The molecule has 40 heavy (non-hydrogen) atoms. The molecule has 0 amide bonds. The van der Waals surface area contributed by atoms with Crippen LogP contribution in [0.2, 0.25) is 0 Å². The molecule has 5 heteroatoms. The summed E-state index contributed by atoms with van der Waals surface area (Å²) >= 11 is 0. The molecule has 0 radical (unpaired) electrons. The van der Waals surface area contributed by atoms with Crippen LogP contribution in [0.5, 0.6) is 5.75 Å². The number of aliphatic hydroxyl groups excluding tert-OH is 1. The van der Waals surface area contributed by atoms with Gasteiger partial charge in [-0.3, -0.25) is 4.90 Å². The molecule has 0 aliphatic carbocycles. The number of methoxy groups -OCH3 is 1. The first-order chi connectivity index (χ1) is 19.6. The second-order valence-corrected chi connectivity index (χ2v) is 10.7. The maximum atomic E-state index is 9.66. The van der Waals surface area contributed by atoms with Gasteiger partial charge in [0.05, 0.1) is 25.1 Å². The van der Waals surface area contributed by atoms with Crippen molar-refractivity contribution in [2.24, 2.45) is 0 Å². The largest absolute Gasteiger partial charge is 0.497 e. The summed E-state index contributed by atoms with van der Waals surface area (Å²) in [6, 6.07) is 23.9. The number of nitrogens with zero attached hydrogens (tertiary/aromatic N) is 3. The number of piperidine rings is 1. The minimum atomic E-state index is 0.0445. The molecule has 2 heterocycles. The van der Waals surface area contributed by atoms with Crippen molar-refractivity contribution in [3.8, 4) is 28.4 Å². The SMILES string of the molecule is CCc1cccc(CC)c1-c1nc(-c2ccc(CO)cc2)c(CN2CCCCC2c2ccc(OC)cc2)n1CC. The Bertz CT molecular complexity index is 1380. The van der Waals surface area contributed by atoms with Gasteiger partial charge in [-0.25, -0.2) is 4.98 Å². The van der Waals surface area contributed by atoms with Crippen molar-refractivity contribution >= 4 is 0 Å². The lowest BCUT2D eigenvalue weighted by molar-refractivity contribution is 0.137. The van der Waals surface area contributed by atoms with E-state index >= 15 is 0 Å². The van der Waals surface area contributed by atoms with Gasteiger partial charge in [0.25, 0.3) is 0 Å². The Hall–Kier alpha value is -3.41. The number of aryl methyl sites for hydroxylation is 2. The lowest BCUT2D eigenvalue weighted by Gasteiger charge is -2.36. The summed E-state index contributed by atoms with van der Waals surface area (Å²) in [6.45, 7) is 9.52. The van der Waals surface area contributed by atoms with Crippen LogP contribution >= 0.6 is 0 Å². The Morgan fingerprint density at radius 2 is 1.60 bits per heavy atom. The summed E-state index contributed by atoms with van der Waals surface area (Å²) in [5, 5.41) is 9.66. The zero-order valence-electron chi connectivity index (χ0n) is 24.5. The Kier molecular flexibility index (Phi) is 9.03. The normalized spacial score (nSPS) is 15.9. The molecule has 1 unspecified atom stereocenters. The molecule has 1 N–H and O–H groups in total. The van der Waals surface area contributed by atoms with Gasteiger partial charge in [-0.15, -0.1) is 0 Å². The van der Waals surface area contributed by atoms with Crippen molar-refractivity contribution in [2.45, 2.75) is 78.6 Å². The highest BCUT2D eigenvalue weighted by Gasteiger charge is 2.28. The number of aliphatic hydroxyl groups is 1. The van der Waals surface area contributed by atoms with E-state index in [0.29, 0.717) is 6.04 Å². The molecule has 1 atom stereocenters. The van der Waals surface area contributed by atoms with Gasteiger partial charge in [-0.2, -0.15) is 0 Å². The minimum Gasteiger partial charge on any atom is -0.497 e. The zero-order valence-corrected chi connectivity index (χ0v) is 24.5. The molecule has 3 aromatic carbocycles. The van der Waals surface area contributed by atoms with Gasteiger partial charge < -0.3 is 14.4 Å². The first-order valence-corrected chi connectivity index (χ1v) is 14.9. The van der Waals surface area contributed by atoms with Crippen LogP contribution in [0.1, 0.15) is 74.0 Å². The van der Waals surface area contributed by atoms with Crippen LogP contribution in [-0.2, 0) is 32.5 Å². The van der Waals surface area contributed by atoms with Crippen molar-refractivity contribution in [1.82, 2.24) is 14.5 Å². The van der Waals surface area contributed by atoms with Gasteiger partial charge in [0.1, 0.15) is 11.6 Å². The van der Waals surface area contributed by atoms with Gasteiger partial charge in [0.15, 0.2) is 0 Å². The van der Waals surface area contributed by atoms with Gasteiger partial charge in [-0.05, 0) is 73.5 Å². The molecule has 1 fully saturated rings. The van der Waals surface area contributed by atoms with Crippen LogP contribution < -0.4 is 4.74 Å². The molecule has 0 spiro atoms. The maximum absolute atomic E-state index is 9.66. The fourth-order valence-corrected chi connectivity index (χ4v) is 6.28. The first kappa shape index (κ1) is 28.1. The molecule has 1 aromatic heterocycles. The molecule has 0 saturated carbocycles. The Morgan fingerprint density at radius 1 is 0.900 bits per heavy atom. The lowest BCUT2D eigenvalue weighted by Crippen LogP contribution is -2.33. The van der Waals surface area contributed by atoms with Crippen molar-refractivity contribution in [1.29, 1.82) is 0 Å². The van der Waals surface area contributed by atoms with E-state index in [-0.39, 0.29) is 6.61 Å². The number of ether oxygens (including phenoxy) is 1. The van der Waals surface area contributed by atoms with Crippen LogP contribution in [0, 0.1) is 0 Å². The van der Waals surface area contributed by atoms with Crippen LogP contribution in [0.3, 0.4) is 0 Å². The monoisotopic (exact) mass is 537 g/mol. The van der Waals surface area contributed by atoms with E-state index < -0.39 is 0 Å². The summed E-state index contributed by atoms with van der Waals surface area (Å²) in [5.74, 6) is 1.97. The number of imidazole rings is 1. The zero-order chi connectivity index (χ0) is 28.1. The fourth-order valence-electron chi connectivity index (χ4n) is 6.28. The van der Waals surface area contributed by atoms with E-state index in [4.69, 9.17) is 9.72 Å². The fraction of sp³-hybridized carbons (Fsp3) is 0.400. The molecule has 1 aliphatic heterocycles. The Morgan fingerprint density at radius 3 is 2.20 bits per heavy atom. The third-order valence-electron chi connectivity index (χ3n) is 8.49. The van der Waals surface area contributed by atoms with Gasteiger partial charge in [0.2, 0.25) is 0 Å². The van der Waals surface area contributed by atoms with Crippen LogP contribution in [-0.4, -0.2) is 33.2 Å². The van der Waals surface area contributed by atoms with Crippen molar-refractivity contribution in [3.63, 3.8) is 0 Å². The van der Waals surface area contributed by atoms with Crippen molar-refractivity contribution < 1.29 is 9.84 Å². The van der Waals surface area contributed by atoms with Crippen LogP contribution in [0.25, 0.3) is 22.6 Å². The maximum Gasteiger partial charge on any atom is 0.141 e. The average Bonchev–Trinajstić information content (AvgIpc) is 3.38. The molecule has 4 aromatic rings. The standard InChI is InChI=1S/C35H43N3O2/c1-5-26-11-10-12-27(6-2)33(26)35-36-34(29-16-14-25(24-39)15-17-29)32(38(35)7-3)23-37-22-9-8-13-31(37)28-18-20-30(40-4)21-19-28/h10-12,14-21,31,39H,5-9,13,22-24H2,1-4H3. The van der Waals surface area contributed by atoms with Crippen LogP contribution in [0.4, 0.5) is 0 Å². The van der Waals surface area contributed by atoms with E-state index in [2.05, 4.69) is 84.8 Å². The van der Waals surface area contributed by atoms with E-state index in [1.165, 1.54) is 40.8 Å². The summed E-state index contributed by atoms with van der Waals surface area (Å²) in [7, 11) is 1.72. The number of rotatable bonds is 10. The van der Waals surface area contributed by atoms with E-state index in [0.717, 1.165) is 67.3 Å². The topological polar surface area (TPSA) is 50.5 Å². The number of hydrogen-bond acceptors (Lipinski definition) is 4. The predicted octanol–water partition coefficient (Wildman–Crippen LogP) is 7.59. The quantitative estimate of drug-likeness (QED) is 0.226. The highest BCUT2D eigenvalue weighted by atomic mass is 16.5. The third kappa shape index (κ3) is 5.59. The van der Waals surface area contributed by atoms with Gasteiger partial charge >= 0.3 is 0 Å². The van der Waals surface area contributed by atoms with Crippen LogP contribution in [0.15, 0.2) is 66.7 Å². The predicted molar refractivity (Wildman–Crippen MR) is 163 cm³/mol. The molecule has 5 rings (SSSR count). The Labute approximate surface area is 239 Å². The molecule has 1 saturated heterocycles. The summed E-state index contributed by atoms with van der Waals surface area (Å²) in [4.78, 5) is 8.09. The molecular formula is C35H43N3O2. The van der Waals surface area contributed by atoms with Gasteiger partial charge in [-0.1, -0.05) is 74.9 Å². The second-order valence-electron chi connectivity index (χ2n) is 10.7. The molecule has 1 aliphatic rings. The molecule has 0 bridgehead atoms. The molecule has 5 nitrogen and oxygen atoms in total. The smallest absolute Gasteiger partial charge is 0.141 e. The second kappa shape index (κ2) is 12.8. The van der Waals surface area contributed by atoms with E-state index in [9.17, 15) is 5.11 Å². The summed E-state index contributed by atoms with van der Waals surface area (Å²) in [5.41, 5.74) is 9.67. The van der Waals surface area contributed by atoms with Crippen molar-refractivity contribution in [2.75, 3.05) is 13.7 Å². The van der Waals surface area contributed by atoms with Crippen molar-refractivity contribution in [3.05, 3.63) is 94.7 Å². The van der Waals surface area contributed by atoms with E-state index in [1.807, 2.05) is 12.1 Å². The molecule has 210 valence electrons. The highest BCUT2D eigenvalue weighted by molar-refractivity contribution is 5.72. The number of aromatic nitrogens is 2. The Balaban J connectivity index is 1.64. The minimum absolute atomic E-state index is 0.0445. The van der Waals surface area contributed by atoms with Gasteiger partial charge in [0, 0.05) is 30.3 Å². The first-order valence-electron chi connectivity index (χ1n) is 14.9. The summed E-state index contributed by atoms with van der Waals surface area (Å²) in [6.07, 6.45) is 5.55. The average molecular weight is 538 g/mol.